The molecule has 34 heavy (non-hydrogen) atoms. The molecule has 1 aliphatic heterocycles. The van der Waals surface area contributed by atoms with Crippen LogP contribution in [0.2, 0.25) is 0 Å². The van der Waals surface area contributed by atoms with Gasteiger partial charge >= 0.3 is 6.18 Å². The van der Waals surface area contributed by atoms with E-state index in [1.165, 1.54) is 12.3 Å². The maximum atomic E-state index is 12.7. The lowest BCUT2D eigenvalue weighted by atomic mass is 10.0. The molecule has 3 aromatic heterocycles. The fraction of sp³-hybridized carbons (Fsp3) is 0.333. The van der Waals surface area contributed by atoms with Crippen LogP contribution in [0.15, 0.2) is 36.7 Å². The van der Waals surface area contributed by atoms with E-state index in [0.717, 1.165) is 6.07 Å². The Labute approximate surface area is 192 Å². The molecule has 4 N–H and O–H groups in total. The Morgan fingerprint density at radius 2 is 1.88 bits per heavy atom. The molecule has 4 heterocycles. The van der Waals surface area contributed by atoms with E-state index in [-0.39, 0.29) is 11.6 Å². The average Bonchev–Trinajstić information content (AvgIpc) is 2.79. The van der Waals surface area contributed by atoms with Crippen molar-refractivity contribution in [2.75, 3.05) is 28.6 Å². The number of aryl methyl sites for hydroxylation is 1. The van der Waals surface area contributed by atoms with Crippen LogP contribution in [0.25, 0.3) is 0 Å². The number of pyridine rings is 1. The summed E-state index contributed by atoms with van der Waals surface area (Å²) in [5.41, 5.74) is 5.28. The SMILES string of the molecule is Cc1nccc(Nc2cc(NC3CCN(c4ccc(C(F)(F)F)nn4)CC3)c(C(N)=O)cn2)n1. The summed E-state index contributed by atoms with van der Waals surface area (Å²) in [6.07, 6.45) is -0.177. The highest BCUT2D eigenvalue weighted by Crippen LogP contribution is 2.29. The molecule has 3 aromatic rings. The van der Waals surface area contributed by atoms with Crippen molar-refractivity contribution >= 4 is 29.0 Å². The molecule has 1 saturated heterocycles. The molecule has 10 nitrogen and oxygen atoms in total. The minimum Gasteiger partial charge on any atom is -0.381 e. The van der Waals surface area contributed by atoms with Crippen LogP contribution >= 0.6 is 0 Å². The quantitative estimate of drug-likeness (QED) is 0.494. The number of alkyl halides is 3. The number of halogens is 3. The van der Waals surface area contributed by atoms with Gasteiger partial charge in [0.05, 0.1) is 11.3 Å². The standard InChI is InChI=1S/C21H22F3N9O/c1-12-26-7-4-17(28-12)30-18-10-15(14(11-27-18)20(25)34)29-13-5-8-33(9-6-13)19-3-2-16(31-32-19)21(22,23)24/h2-4,7,10-11,13H,5-6,8-9H2,1H3,(H2,25,34)(H2,26,27,28,29,30). The van der Waals surface area contributed by atoms with Gasteiger partial charge in [0, 0.05) is 37.6 Å². The van der Waals surface area contributed by atoms with Crippen molar-refractivity contribution in [1.29, 1.82) is 0 Å². The summed E-state index contributed by atoms with van der Waals surface area (Å²) in [6, 6.07) is 5.64. The molecule has 1 aliphatic rings. The van der Waals surface area contributed by atoms with Crippen LogP contribution in [0.3, 0.4) is 0 Å². The number of aromatic nitrogens is 5. The second kappa shape index (κ2) is 9.45. The lowest BCUT2D eigenvalue weighted by Gasteiger charge is -2.33. The number of nitrogens with zero attached hydrogens (tertiary/aromatic N) is 6. The molecule has 0 unspecified atom stereocenters. The minimum atomic E-state index is -4.52. The predicted molar refractivity (Wildman–Crippen MR) is 119 cm³/mol. The number of nitrogens with two attached hydrogens (primary N) is 1. The summed E-state index contributed by atoms with van der Waals surface area (Å²) in [5.74, 6) is 1.41. The van der Waals surface area contributed by atoms with Crippen molar-refractivity contribution in [2.24, 2.45) is 5.73 Å². The second-order valence-electron chi connectivity index (χ2n) is 7.77. The smallest absolute Gasteiger partial charge is 0.381 e. The summed E-state index contributed by atoms with van der Waals surface area (Å²) in [6.45, 7) is 2.88. The highest BCUT2D eigenvalue weighted by Gasteiger charge is 2.33. The summed E-state index contributed by atoms with van der Waals surface area (Å²) >= 11 is 0. The molecule has 1 fully saturated rings. The van der Waals surface area contributed by atoms with E-state index in [1.54, 1.807) is 25.3 Å². The van der Waals surface area contributed by atoms with Gasteiger partial charge in [0.15, 0.2) is 11.5 Å². The van der Waals surface area contributed by atoms with Crippen molar-refractivity contribution in [2.45, 2.75) is 32.0 Å². The van der Waals surface area contributed by atoms with E-state index in [2.05, 4.69) is 35.8 Å². The number of amides is 1. The predicted octanol–water partition coefficient (Wildman–Crippen LogP) is 2.91. The lowest BCUT2D eigenvalue weighted by Crippen LogP contribution is -2.40. The minimum absolute atomic E-state index is 0.00769. The third kappa shape index (κ3) is 5.47. The van der Waals surface area contributed by atoms with Crippen molar-refractivity contribution in [3.8, 4) is 0 Å². The topological polar surface area (TPSA) is 135 Å². The van der Waals surface area contributed by atoms with Gasteiger partial charge in [-0.15, -0.1) is 10.2 Å². The fourth-order valence-electron chi connectivity index (χ4n) is 3.61. The molecule has 13 heteroatoms. The molecule has 0 radical (unpaired) electrons. The zero-order chi connectivity index (χ0) is 24.3. The Bertz CT molecular complexity index is 1160. The molecular weight excluding hydrogens is 451 g/mol. The number of hydrogen-bond donors (Lipinski definition) is 3. The third-order valence-corrected chi connectivity index (χ3v) is 5.32. The lowest BCUT2D eigenvalue weighted by molar-refractivity contribution is -0.141. The highest BCUT2D eigenvalue weighted by atomic mass is 19.4. The second-order valence-corrected chi connectivity index (χ2v) is 7.77. The Balaban J connectivity index is 1.42. The number of primary amides is 1. The molecule has 0 atom stereocenters. The maximum Gasteiger partial charge on any atom is 0.435 e. The molecule has 0 aromatic carbocycles. The normalized spacial score (nSPS) is 14.6. The van der Waals surface area contributed by atoms with E-state index < -0.39 is 17.8 Å². The van der Waals surface area contributed by atoms with Crippen molar-refractivity contribution < 1.29 is 18.0 Å². The van der Waals surface area contributed by atoms with Crippen LogP contribution in [0.5, 0.6) is 0 Å². The Hall–Kier alpha value is -4.03. The number of carbonyl (C=O) groups is 1. The highest BCUT2D eigenvalue weighted by molar-refractivity contribution is 5.98. The van der Waals surface area contributed by atoms with Crippen LogP contribution < -0.4 is 21.3 Å². The fourth-order valence-corrected chi connectivity index (χ4v) is 3.61. The molecule has 1 amide bonds. The summed E-state index contributed by atoms with van der Waals surface area (Å²) in [5, 5.41) is 13.4. The van der Waals surface area contributed by atoms with Crippen LogP contribution in [-0.2, 0) is 6.18 Å². The van der Waals surface area contributed by atoms with Crippen molar-refractivity contribution in [1.82, 2.24) is 25.1 Å². The van der Waals surface area contributed by atoms with Gasteiger partial charge in [0.25, 0.3) is 5.91 Å². The van der Waals surface area contributed by atoms with E-state index in [9.17, 15) is 18.0 Å². The molecule has 178 valence electrons. The number of rotatable bonds is 6. The first-order chi connectivity index (χ1) is 16.2. The summed E-state index contributed by atoms with van der Waals surface area (Å²) in [4.78, 5) is 26.3. The van der Waals surface area contributed by atoms with Crippen molar-refractivity contribution in [3.63, 3.8) is 0 Å². The summed E-state index contributed by atoms with van der Waals surface area (Å²) in [7, 11) is 0. The first-order valence-electron chi connectivity index (χ1n) is 10.5. The zero-order valence-electron chi connectivity index (χ0n) is 18.2. The van der Waals surface area contributed by atoms with Gasteiger partial charge in [-0.1, -0.05) is 0 Å². The van der Waals surface area contributed by atoms with Gasteiger partial charge in [0.2, 0.25) is 0 Å². The number of hydrogen-bond acceptors (Lipinski definition) is 9. The molecule has 0 aliphatic carbocycles. The average molecular weight is 473 g/mol. The summed E-state index contributed by atoms with van der Waals surface area (Å²) < 4.78 is 38.1. The molecule has 0 spiro atoms. The Morgan fingerprint density at radius 3 is 2.50 bits per heavy atom. The van der Waals surface area contributed by atoms with Crippen LogP contribution in [-0.4, -0.2) is 50.2 Å². The van der Waals surface area contributed by atoms with Crippen LogP contribution in [0.1, 0.15) is 34.7 Å². The van der Waals surface area contributed by atoms with Gasteiger partial charge < -0.3 is 21.3 Å². The van der Waals surface area contributed by atoms with E-state index in [4.69, 9.17) is 5.73 Å². The Kier molecular flexibility index (Phi) is 6.43. The molecule has 4 rings (SSSR count). The van der Waals surface area contributed by atoms with Crippen molar-refractivity contribution in [3.05, 3.63) is 53.7 Å². The largest absolute Gasteiger partial charge is 0.435 e. The number of carbonyl (C=O) groups excluding carboxylic acids is 1. The van der Waals surface area contributed by atoms with Gasteiger partial charge in [-0.3, -0.25) is 4.79 Å². The molecular formula is C21H22F3N9O. The molecule has 0 saturated carbocycles. The van der Waals surface area contributed by atoms with Gasteiger partial charge in [-0.05, 0) is 38.0 Å². The number of nitrogens with one attached hydrogen (secondary N) is 2. The van der Waals surface area contributed by atoms with E-state index in [1.807, 2.05) is 4.90 Å². The molecule has 0 bridgehead atoms. The van der Waals surface area contributed by atoms with Gasteiger partial charge in [-0.25, -0.2) is 15.0 Å². The maximum absolute atomic E-state index is 12.7. The van der Waals surface area contributed by atoms with Gasteiger partial charge in [-0.2, -0.15) is 13.2 Å². The van der Waals surface area contributed by atoms with Gasteiger partial charge in [0.1, 0.15) is 17.5 Å². The third-order valence-electron chi connectivity index (χ3n) is 5.32. The van der Waals surface area contributed by atoms with Crippen LogP contribution in [0, 0.1) is 6.92 Å². The number of piperidine rings is 1. The van der Waals surface area contributed by atoms with E-state index >= 15 is 0 Å². The van der Waals surface area contributed by atoms with E-state index in [0.29, 0.717) is 54.9 Å². The monoisotopic (exact) mass is 473 g/mol. The first kappa shape index (κ1) is 23.1. The first-order valence-corrected chi connectivity index (χ1v) is 10.5. The Morgan fingerprint density at radius 1 is 1.12 bits per heavy atom. The van der Waals surface area contributed by atoms with Crippen LogP contribution in [0.4, 0.5) is 36.3 Å². The number of anilines is 4. The zero-order valence-corrected chi connectivity index (χ0v) is 18.2.